The first-order chi connectivity index (χ1) is 10.8. The number of benzene rings is 1. The van der Waals surface area contributed by atoms with Crippen molar-refractivity contribution < 1.29 is 13.9 Å². The van der Waals surface area contributed by atoms with Crippen LogP contribution in [0.5, 0.6) is 5.75 Å². The van der Waals surface area contributed by atoms with Gasteiger partial charge in [-0.3, -0.25) is 9.78 Å². The maximum Gasteiger partial charge on any atom is 0.287 e. The number of pyridine rings is 1. The molecule has 0 atom stereocenters. The van der Waals surface area contributed by atoms with Gasteiger partial charge in [0.2, 0.25) is 0 Å². The van der Waals surface area contributed by atoms with Gasteiger partial charge in [0.05, 0.1) is 7.11 Å². The normalized spacial score (nSPS) is 10.6. The molecule has 0 aliphatic rings. The van der Waals surface area contributed by atoms with Gasteiger partial charge in [-0.25, -0.2) is 0 Å². The van der Waals surface area contributed by atoms with Crippen LogP contribution in [0.15, 0.2) is 53.1 Å². The third kappa shape index (κ3) is 3.09. The van der Waals surface area contributed by atoms with Crippen molar-refractivity contribution >= 4 is 17.0 Å². The van der Waals surface area contributed by atoms with Crippen LogP contribution in [0.25, 0.3) is 11.1 Å². The van der Waals surface area contributed by atoms with Crippen LogP contribution in [0.3, 0.4) is 0 Å². The minimum Gasteiger partial charge on any atom is -0.497 e. The Morgan fingerprint density at radius 2 is 2.18 bits per heavy atom. The van der Waals surface area contributed by atoms with Gasteiger partial charge in [-0.05, 0) is 36.2 Å². The van der Waals surface area contributed by atoms with Crippen molar-refractivity contribution in [2.75, 3.05) is 13.7 Å². The first-order valence-electron chi connectivity index (χ1n) is 7.02. The van der Waals surface area contributed by atoms with Crippen molar-refractivity contribution in [3.05, 3.63) is 60.0 Å². The van der Waals surface area contributed by atoms with E-state index in [2.05, 4.69) is 10.3 Å². The molecule has 5 heteroatoms. The van der Waals surface area contributed by atoms with Gasteiger partial charge in [0, 0.05) is 18.8 Å². The second-order valence-electron chi connectivity index (χ2n) is 4.85. The Morgan fingerprint density at radius 1 is 1.27 bits per heavy atom. The summed E-state index contributed by atoms with van der Waals surface area (Å²) in [4.78, 5) is 16.2. The number of aromatic nitrogens is 1. The quantitative estimate of drug-likeness (QED) is 0.786. The molecule has 2 aromatic heterocycles. The highest BCUT2D eigenvalue weighted by molar-refractivity contribution is 5.95. The number of carbonyl (C=O) groups is 1. The van der Waals surface area contributed by atoms with Crippen molar-refractivity contribution in [1.29, 1.82) is 0 Å². The molecule has 112 valence electrons. The van der Waals surface area contributed by atoms with E-state index >= 15 is 0 Å². The molecule has 0 fully saturated rings. The van der Waals surface area contributed by atoms with E-state index in [-0.39, 0.29) is 11.7 Å². The van der Waals surface area contributed by atoms with E-state index in [4.69, 9.17) is 9.15 Å². The number of amides is 1. The molecule has 5 nitrogen and oxygen atoms in total. The molecule has 0 saturated heterocycles. The Labute approximate surface area is 127 Å². The highest BCUT2D eigenvalue weighted by Gasteiger charge is 2.12. The van der Waals surface area contributed by atoms with Crippen molar-refractivity contribution in [3.63, 3.8) is 0 Å². The molecule has 2 heterocycles. The number of hydrogen-bond acceptors (Lipinski definition) is 4. The van der Waals surface area contributed by atoms with Gasteiger partial charge in [0.1, 0.15) is 11.3 Å². The Balaban J connectivity index is 1.60. The van der Waals surface area contributed by atoms with Gasteiger partial charge < -0.3 is 14.5 Å². The lowest BCUT2D eigenvalue weighted by molar-refractivity contribution is 0.0928. The molecule has 3 rings (SSSR count). The van der Waals surface area contributed by atoms with E-state index in [9.17, 15) is 4.79 Å². The van der Waals surface area contributed by atoms with Crippen LogP contribution in [0.4, 0.5) is 0 Å². The molecule has 1 amide bonds. The molecule has 3 aromatic rings. The first-order valence-corrected chi connectivity index (χ1v) is 7.02. The number of carbonyl (C=O) groups excluding carboxylic acids is 1. The zero-order chi connectivity index (χ0) is 15.4. The van der Waals surface area contributed by atoms with Gasteiger partial charge in [0.15, 0.2) is 11.3 Å². The van der Waals surface area contributed by atoms with Crippen molar-refractivity contribution in [2.24, 2.45) is 0 Å². The average Bonchev–Trinajstić information content (AvgIpc) is 2.99. The van der Waals surface area contributed by atoms with Crippen LogP contribution in [-0.2, 0) is 6.42 Å². The second kappa shape index (κ2) is 6.30. The summed E-state index contributed by atoms with van der Waals surface area (Å²) in [5.74, 6) is 0.854. The summed E-state index contributed by atoms with van der Waals surface area (Å²) in [6, 6.07) is 13.0. The zero-order valence-electron chi connectivity index (χ0n) is 12.2. The molecular formula is C17H16N2O3. The summed E-state index contributed by atoms with van der Waals surface area (Å²) < 4.78 is 10.7. The zero-order valence-corrected chi connectivity index (χ0v) is 12.2. The lowest BCUT2D eigenvalue weighted by Crippen LogP contribution is -2.25. The van der Waals surface area contributed by atoms with E-state index < -0.39 is 0 Å². The molecule has 0 radical (unpaired) electrons. The third-order valence-corrected chi connectivity index (χ3v) is 3.34. The van der Waals surface area contributed by atoms with E-state index in [1.807, 2.05) is 24.3 Å². The largest absolute Gasteiger partial charge is 0.497 e. The number of hydrogen-bond donors (Lipinski definition) is 1. The Kier molecular flexibility index (Phi) is 4.05. The molecule has 0 bridgehead atoms. The molecule has 0 spiro atoms. The topological polar surface area (TPSA) is 64.4 Å². The summed E-state index contributed by atoms with van der Waals surface area (Å²) >= 11 is 0. The molecule has 1 N–H and O–H groups in total. The monoisotopic (exact) mass is 296 g/mol. The maximum absolute atomic E-state index is 12.1. The van der Waals surface area contributed by atoms with Crippen molar-refractivity contribution in [2.45, 2.75) is 6.42 Å². The predicted octanol–water partition coefficient (Wildman–Crippen LogP) is 2.81. The van der Waals surface area contributed by atoms with Crippen LogP contribution in [0.2, 0.25) is 0 Å². The molecule has 0 aliphatic carbocycles. The SMILES string of the molecule is COc1cccc(CCNC(=O)c2cc3ncccc3o2)c1. The summed E-state index contributed by atoms with van der Waals surface area (Å²) in [6.45, 7) is 0.524. The summed E-state index contributed by atoms with van der Waals surface area (Å²) in [5.41, 5.74) is 2.40. The fourth-order valence-corrected chi connectivity index (χ4v) is 2.22. The van der Waals surface area contributed by atoms with Crippen LogP contribution in [0, 0.1) is 0 Å². The fraction of sp³-hybridized carbons (Fsp3) is 0.176. The molecule has 0 unspecified atom stereocenters. The molecule has 22 heavy (non-hydrogen) atoms. The number of nitrogens with zero attached hydrogens (tertiary/aromatic N) is 1. The molecular weight excluding hydrogens is 280 g/mol. The first kappa shape index (κ1) is 14.1. The minimum atomic E-state index is -0.235. The molecule has 0 saturated carbocycles. The standard InChI is InChI=1S/C17H16N2O3/c1-21-13-5-2-4-12(10-13)7-9-19-17(20)16-11-14-15(22-16)6-3-8-18-14/h2-6,8,10-11H,7,9H2,1H3,(H,19,20). The van der Waals surface area contributed by atoms with Crippen molar-refractivity contribution in [3.8, 4) is 5.75 Å². The average molecular weight is 296 g/mol. The summed E-state index contributed by atoms with van der Waals surface area (Å²) in [5, 5.41) is 2.84. The van der Waals surface area contributed by atoms with Gasteiger partial charge in [-0.15, -0.1) is 0 Å². The summed E-state index contributed by atoms with van der Waals surface area (Å²) in [7, 11) is 1.64. The highest BCUT2D eigenvalue weighted by atomic mass is 16.5. The van der Waals surface area contributed by atoms with Crippen LogP contribution in [0.1, 0.15) is 16.1 Å². The van der Waals surface area contributed by atoms with E-state index in [1.54, 1.807) is 31.5 Å². The number of ether oxygens (including phenoxy) is 1. The fourth-order valence-electron chi connectivity index (χ4n) is 2.22. The minimum absolute atomic E-state index is 0.235. The number of nitrogens with one attached hydrogen (secondary N) is 1. The van der Waals surface area contributed by atoms with Crippen molar-refractivity contribution in [1.82, 2.24) is 10.3 Å². The van der Waals surface area contributed by atoms with Gasteiger partial charge in [-0.1, -0.05) is 12.1 Å². The number of rotatable bonds is 5. The van der Waals surface area contributed by atoms with Crippen LogP contribution < -0.4 is 10.1 Å². The van der Waals surface area contributed by atoms with E-state index in [1.165, 1.54) is 0 Å². The Bertz CT molecular complexity index is 762. The summed E-state index contributed by atoms with van der Waals surface area (Å²) in [6.07, 6.45) is 2.39. The number of furan rings is 1. The Hall–Kier alpha value is -2.82. The number of fused-ring (bicyclic) bond motifs is 1. The Morgan fingerprint density at radius 3 is 3.00 bits per heavy atom. The maximum atomic E-state index is 12.1. The molecule has 1 aromatic carbocycles. The third-order valence-electron chi connectivity index (χ3n) is 3.34. The predicted molar refractivity (Wildman–Crippen MR) is 83.0 cm³/mol. The lowest BCUT2D eigenvalue weighted by Gasteiger charge is -2.05. The second-order valence-corrected chi connectivity index (χ2v) is 4.85. The molecule has 0 aliphatic heterocycles. The number of methoxy groups -OCH3 is 1. The van der Waals surface area contributed by atoms with Crippen LogP contribution in [-0.4, -0.2) is 24.5 Å². The van der Waals surface area contributed by atoms with Gasteiger partial charge in [-0.2, -0.15) is 0 Å². The lowest BCUT2D eigenvalue weighted by atomic mass is 10.1. The van der Waals surface area contributed by atoms with E-state index in [0.29, 0.717) is 17.6 Å². The van der Waals surface area contributed by atoms with Crippen LogP contribution >= 0.6 is 0 Å². The smallest absolute Gasteiger partial charge is 0.287 e. The van der Waals surface area contributed by atoms with Gasteiger partial charge >= 0.3 is 0 Å². The van der Waals surface area contributed by atoms with E-state index in [0.717, 1.165) is 17.7 Å². The van der Waals surface area contributed by atoms with Gasteiger partial charge in [0.25, 0.3) is 5.91 Å². The highest BCUT2D eigenvalue weighted by Crippen LogP contribution is 2.16.